The summed E-state index contributed by atoms with van der Waals surface area (Å²) in [7, 11) is 3.66. The summed E-state index contributed by atoms with van der Waals surface area (Å²) in [6.07, 6.45) is 8.56. The van der Waals surface area contributed by atoms with Crippen LogP contribution in [0.2, 0.25) is 0 Å². The van der Waals surface area contributed by atoms with Gasteiger partial charge in [-0.2, -0.15) is 5.10 Å². The molecular formula is C19H24N6O2. The van der Waals surface area contributed by atoms with Gasteiger partial charge in [-0.15, -0.1) is 0 Å². The van der Waals surface area contributed by atoms with Crippen molar-refractivity contribution in [2.45, 2.75) is 31.5 Å². The molecule has 4 rings (SSSR count). The molecule has 0 bridgehead atoms. The highest BCUT2D eigenvalue weighted by atomic mass is 16.2. The lowest BCUT2D eigenvalue weighted by molar-refractivity contribution is -0.135. The molecule has 8 nitrogen and oxygen atoms in total. The van der Waals surface area contributed by atoms with E-state index >= 15 is 0 Å². The van der Waals surface area contributed by atoms with E-state index in [0.29, 0.717) is 12.8 Å². The molecule has 142 valence electrons. The van der Waals surface area contributed by atoms with E-state index in [1.807, 2.05) is 31.6 Å². The van der Waals surface area contributed by atoms with Gasteiger partial charge in [0.05, 0.1) is 12.7 Å². The molecule has 27 heavy (non-hydrogen) atoms. The molecule has 4 heterocycles. The van der Waals surface area contributed by atoms with E-state index in [-0.39, 0.29) is 18.5 Å². The molecule has 8 heteroatoms. The van der Waals surface area contributed by atoms with Crippen molar-refractivity contribution in [2.75, 3.05) is 20.1 Å². The number of hydrogen-bond donors (Lipinski definition) is 0. The van der Waals surface area contributed by atoms with Gasteiger partial charge in [0.2, 0.25) is 0 Å². The zero-order chi connectivity index (χ0) is 19.0. The number of carbonyl (C=O) groups excluding carboxylic acids is 2. The first-order valence-corrected chi connectivity index (χ1v) is 9.18. The third-order valence-electron chi connectivity index (χ3n) is 5.71. The Labute approximate surface area is 158 Å². The molecule has 2 aliphatic rings. The zero-order valence-corrected chi connectivity index (χ0v) is 15.7. The third-order valence-corrected chi connectivity index (χ3v) is 5.71. The maximum absolute atomic E-state index is 13.2. The van der Waals surface area contributed by atoms with Crippen molar-refractivity contribution >= 4 is 11.9 Å². The van der Waals surface area contributed by atoms with Crippen molar-refractivity contribution in [2.24, 2.45) is 7.05 Å². The van der Waals surface area contributed by atoms with Crippen LogP contribution in [-0.2, 0) is 24.9 Å². The number of aromatic nitrogens is 3. The second kappa shape index (κ2) is 6.77. The van der Waals surface area contributed by atoms with Gasteiger partial charge in [0, 0.05) is 57.9 Å². The quantitative estimate of drug-likeness (QED) is 0.759. The standard InChI is InChI=1S/C19H24N6O2/c1-22-12-16(11-21-22)13-24-8-5-19(6-9-24)17(26)25(18(27)23(19)2)14-15-4-3-7-20-10-15/h3-4,7,10-12H,5-6,8-9,13-14H2,1-2H3. The van der Waals surface area contributed by atoms with Gasteiger partial charge in [-0.25, -0.2) is 4.79 Å². The van der Waals surface area contributed by atoms with E-state index in [2.05, 4.69) is 15.0 Å². The number of imide groups is 1. The molecular weight excluding hydrogens is 344 g/mol. The Bertz CT molecular complexity index is 841. The van der Waals surface area contributed by atoms with Gasteiger partial charge in [-0.05, 0) is 24.5 Å². The van der Waals surface area contributed by atoms with Gasteiger partial charge in [-0.1, -0.05) is 6.07 Å². The van der Waals surface area contributed by atoms with Crippen LogP contribution in [0, 0.1) is 0 Å². The Hall–Kier alpha value is -2.74. The number of pyridine rings is 1. The number of hydrogen-bond acceptors (Lipinski definition) is 5. The van der Waals surface area contributed by atoms with Crippen molar-refractivity contribution in [3.63, 3.8) is 0 Å². The number of nitrogens with zero attached hydrogens (tertiary/aromatic N) is 6. The number of carbonyl (C=O) groups is 2. The summed E-state index contributed by atoms with van der Waals surface area (Å²) in [5, 5.41) is 4.21. The third kappa shape index (κ3) is 3.10. The average Bonchev–Trinajstić information content (AvgIpc) is 3.16. The van der Waals surface area contributed by atoms with Gasteiger partial charge < -0.3 is 4.90 Å². The molecule has 2 aromatic rings. The molecule has 2 fully saturated rings. The lowest BCUT2D eigenvalue weighted by atomic mass is 9.86. The van der Waals surface area contributed by atoms with Crippen LogP contribution in [0.5, 0.6) is 0 Å². The summed E-state index contributed by atoms with van der Waals surface area (Å²) >= 11 is 0. The first-order chi connectivity index (χ1) is 13.0. The smallest absolute Gasteiger partial charge is 0.312 e. The number of aryl methyl sites for hydroxylation is 1. The van der Waals surface area contributed by atoms with Crippen molar-refractivity contribution in [1.82, 2.24) is 29.5 Å². The van der Waals surface area contributed by atoms with Crippen LogP contribution >= 0.6 is 0 Å². The maximum atomic E-state index is 13.2. The summed E-state index contributed by atoms with van der Waals surface area (Å²) in [4.78, 5) is 35.3. The van der Waals surface area contributed by atoms with Crippen molar-refractivity contribution < 1.29 is 9.59 Å². The van der Waals surface area contributed by atoms with E-state index in [1.165, 1.54) is 4.90 Å². The number of rotatable bonds is 4. The summed E-state index contributed by atoms with van der Waals surface area (Å²) in [6.45, 7) is 2.64. The van der Waals surface area contributed by atoms with Gasteiger partial charge in [-0.3, -0.25) is 24.3 Å². The van der Waals surface area contributed by atoms with E-state index < -0.39 is 5.54 Å². The molecule has 0 unspecified atom stereocenters. The zero-order valence-electron chi connectivity index (χ0n) is 15.7. The molecule has 0 aromatic carbocycles. The first kappa shape index (κ1) is 17.7. The second-order valence-electron chi connectivity index (χ2n) is 7.42. The monoisotopic (exact) mass is 368 g/mol. The molecule has 1 spiro atoms. The molecule has 2 saturated heterocycles. The van der Waals surface area contributed by atoms with Gasteiger partial charge >= 0.3 is 6.03 Å². The van der Waals surface area contributed by atoms with Gasteiger partial charge in [0.1, 0.15) is 5.54 Å². The van der Waals surface area contributed by atoms with Crippen LogP contribution in [0.15, 0.2) is 36.9 Å². The van der Waals surface area contributed by atoms with Crippen molar-refractivity contribution in [3.05, 3.63) is 48.0 Å². The van der Waals surface area contributed by atoms with Crippen LogP contribution in [0.1, 0.15) is 24.0 Å². The molecule has 0 N–H and O–H groups in total. The fourth-order valence-corrected chi connectivity index (χ4v) is 4.10. The highest BCUT2D eigenvalue weighted by molar-refractivity contribution is 6.06. The van der Waals surface area contributed by atoms with Crippen LogP contribution in [0.4, 0.5) is 4.79 Å². The highest BCUT2D eigenvalue weighted by Crippen LogP contribution is 2.37. The lowest BCUT2D eigenvalue weighted by Gasteiger charge is -2.40. The van der Waals surface area contributed by atoms with Crippen LogP contribution < -0.4 is 0 Å². The molecule has 2 aliphatic heterocycles. The van der Waals surface area contributed by atoms with Crippen LogP contribution in [0.25, 0.3) is 0 Å². The van der Waals surface area contributed by atoms with Gasteiger partial charge in [0.15, 0.2) is 0 Å². The van der Waals surface area contributed by atoms with E-state index in [9.17, 15) is 9.59 Å². The molecule has 0 saturated carbocycles. The fourth-order valence-electron chi connectivity index (χ4n) is 4.10. The lowest BCUT2D eigenvalue weighted by Crippen LogP contribution is -2.55. The van der Waals surface area contributed by atoms with Crippen molar-refractivity contribution in [1.29, 1.82) is 0 Å². The topological polar surface area (TPSA) is 74.6 Å². The van der Waals surface area contributed by atoms with E-state index in [0.717, 1.165) is 30.8 Å². The molecule has 2 aromatic heterocycles. The van der Waals surface area contributed by atoms with Gasteiger partial charge in [0.25, 0.3) is 5.91 Å². The second-order valence-corrected chi connectivity index (χ2v) is 7.42. The minimum absolute atomic E-state index is 0.0834. The predicted octanol–water partition coefficient (Wildman–Crippen LogP) is 1.24. The highest BCUT2D eigenvalue weighted by Gasteiger charge is 2.56. The molecule has 0 aliphatic carbocycles. The predicted molar refractivity (Wildman–Crippen MR) is 98.4 cm³/mol. The number of likely N-dealkylation sites (tertiary alicyclic amines) is 1. The van der Waals surface area contributed by atoms with Crippen LogP contribution in [-0.4, -0.2) is 67.1 Å². The average molecular weight is 368 g/mol. The number of piperidine rings is 1. The number of urea groups is 1. The normalized spacial score (nSPS) is 20.1. The maximum Gasteiger partial charge on any atom is 0.327 e. The Balaban J connectivity index is 1.45. The number of likely N-dealkylation sites (N-methyl/N-ethyl adjacent to an activating group) is 1. The first-order valence-electron chi connectivity index (χ1n) is 9.18. The Morgan fingerprint density at radius 3 is 2.48 bits per heavy atom. The van der Waals surface area contributed by atoms with Crippen molar-refractivity contribution in [3.8, 4) is 0 Å². The molecule has 0 atom stereocenters. The minimum atomic E-state index is -0.718. The Kier molecular flexibility index (Phi) is 4.43. The summed E-state index contributed by atoms with van der Waals surface area (Å²) in [5.41, 5.74) is 1.30. The number of amides is 3. The van der Waals surface area contributed by atoms with E-state index in [4.69, 9.17) is 0 Å². The molecule has 0 radical (unpaired) electrons. The fraction of sp³-hybridized carbons (Fsp3) is 0.474. The summed E-state index contributed by atoms with van der Waals surface area (Å²) in [5.74, 6) is -0.0834. The Morgan fingerprint density at radius 2 is 1.85 bits per heavy atom. The molecule has 3 amide bonds. The largest absolute Gasteiger partial charge is 0.327 e. The minimum Gasteiger partial charge on any atom is -0.312 e. The summed E-state index contributed by atoms with van der Waals surface area (Å²) in [6, 6.07) is 3.48. The Morgan fingerprint density at radius 1 is 1.07 bits per heavy atom. The SMILES string of the molecule is CN1C(=O)N(Cc2cccnc2)C(=O)C12CCN(Cc1cnn(C)c1)CC2. The van der Waals surface area contributed by atoms with E-state index in [1.54, 1.807) is 29.0 Å². The summed E-state index contributed by atoms with van der Waals surface area (Å²) < 4.78 is 1.80. The van der Waals surface area contributed by atoms with Crippen LogP contribution in [0.3, 0.4) is 0 Å².